The zero-order valence-corrected chi connectivity index (χ0v) is 9.89. The lowest BCUT2D eigenvalue weighted by Gasteiger charge is -2.15. The van der Waals surface area contributed by atoms with Crippen molar-refractivity contribution in [1.82, 2.24) is 5.32 Å². The number of hydrogen-bond acceptors (Lipinski definition) is 3. The Morgan fingerprint density at radius 2 is 2.12 bits per heavy atom. The van der Waals surface area contributed by atoms with Crippen LogP contribution in [0.3, 0.4) is 0 Å². The van der Waals surface area contributed by atoms with Gasteiger partial charge in [-0.25, -0.2) is 4.79 Å². The van der Waals surface area contributed by atoms with Gasteiger partial charge in [0.25, 0.3) is 0 Å². The molecule has 1 aromatic carbocycles. The number of carbonyl (C=O) groups excluding carboxylic acids is 2. The molecule has 0 aromatic heterocycles. The molecule has 0 bridgehead atoms. The van der Waals surface area contributed by atoms with E-state index in [-0.39, 0.29) is 18.6 Å². The number of benzene rings is 1. The molecule has 4 nitrogen and oxygen atoms in total. The van der Waals surface area contributed by atoms with E-state index in [9.17, 15) is 9.59 Å². The lowest BCUT2D eigenvalue weighted by molar-refractivity contribution is -0.110. The van der Waals surface area contributed by atoms with Gasteiger partial charge in [-0.15, -0.1) is 0 Å². The third kappa shape index (κ3) is 4.68. The molecule has 92 valence electrons. The van der Waals surface area contributed by atoms with Gasteiger partial charge in [-0.05, 0) is 18.6 Å². The third-order valence-electron chi connectivity index (χ3n) is 2.37. The predicted octanol–water partition coefficient (Wildman–Crippen LogP) is 1.76. The molecule has 1 rings (SSSR count). The minimum absolute atomic E-state index is 0.106. The second-order valence-electron chi connectivity index (χ2n) is 3.73. The Morgan fingerprint density at radius 1 is 1.41 bits per heavy atom. The van der Waals surface area contributed by atoms with Crippen molar-refractivity contribution in [1.29, 1.82) is 0 Å². The highest BCUT2D eigenvalue weighted by molar-refractivity contribution is 5.89. The smallest absolute Gasteiger partial charge is 0.338 e. The molecule has 17 heavy (non-hydrogen) atoms. The van der Waals surface area contributed by atoms with Crippen LogP contribution in [-0.4, -0.2) is 25.0 Å². The van der Waals surface area contributed by atoms with Crippen molar-refractivity contribution in [2.24, 2.45) is 0 Å². The average molecular weight is 235 g/mol. The molecule has 0 aliphatic heterocycles. The van der Waals surface area contributed by atoms with E-state index in [2.05, 4.69) is 5.32 Å². The van der Waals surface area contributed by atoms with Gasteiger partial charge in [-0.1, -0.05) is 31.5 Å². The first-order valence-electron chi connectivity index (χ1n) is 5.69. The van der Waals surface area contributed by atoms with Crippen LogP contribution in [0, 0.1) is 0 Å². The van der Waals surface area contributed by atoms with Crippen molar-refractivity contribution in [3.8, 4) is 0 Å². The summed E-state index contributed by atoms with van der Waals surface area (Å²) >= 11 is 0. The van der Waals surface area contributed by atoms with Crippen molar-refractivity contribution < 1.29 is 14.3 Å². The fraction of sp³-hybridized carbons (Fsp3) is 0.385. The Balaban J connectivity index is 2.43. The summed E-state index contributed by atoms with van der Waals surface area (Å²) in [7, 11) is 0. The minimum Gasteiger partial charge on any atom is -0.460 e. The predicted molar refractivity (Wildman–Crippen MR) is 64.6 cm³/mol. The summed E-state index contributed by atoms with van der Waals surface area (Å²) in [6.07, 6.45) is 2.35. The molecule has 0 saturated heterocycles. The van der Waals surface area contributed by atoms with Crippen LogP contribution in [0.2, 0.25) is 0 Å². The fourth-order valence-corrected chi connectivity index (χ4v) is 1.49. The first-order valence-corrected chi connectivity index (χ1v) is 5.69. The topological polar surface area (TPSA) is 55.4 Å². The number of amides is 1. The fourth-order valence-electron chi connectivity index (χ4n) is 1.49. The van der Waals surface area contributed by atoms with Crippen LogP contribution in [-0.2, 0) is 9.53 Å². The SMILES string of the molecule is CCCC(COC(=O)c1ccccc1)NC=O. The highest BCUT2D eigenvalue weighted by Crippen LogP contribution is 2.03. The van der Waals surface area contributed by atoms with Crippen molar-refractivity contribution in [3.05, 3.63) is 35.9 Å². The quantitative estimate of drug-likeness (QED) is 0.578. The van der Waals surface area contributed by atoms with E-state index in [1.807, 2.05) is 13.0 Å². The Kier molecular flexibility index (Phi) is 5.79. The van der Waals surface area contributed by atoms with Gasteiger partial charge in [-0.2, -0.15) is 0 Å². The molecule has 1 N–H and O–H groups in total. The average Bonchev–Trinajstić information content (AvgIpc) is 2.37. The number of ether oxygens (including phenoxy) is 1. The molecule has 1 atom stereocenters. The molecule has 0 aliphatic rings. The van der Waals surface area contributed by atoms with Gasteiger partial charge in [0.1, 0.15) is 6.61 Å². The zero-order valence-electron chi connectivity index (χ0n) is 9.89. The van der Waals surface area contributed by atoms with E-state index < -0.39 is 0 Å². The maximum absolute atomic E-state index is 11.6. The van der Waals surface area contributed by atoms with Gasteiger partial charge in [0, 0.05) is 0 Å². The van der Waals surface area contributed by atoms with Crippen LogP contribution in [0.5, 0.6) is 0 Å². The van der Waals surface area contributed by atoms with Gasteiger partial charge in [0.15, 0.2) is 0 Å². The van der Waals surface area contributed by atoms with E-state index in [1.54, 1.807) is 24.3 Å². The molecule has 0 fully saturated rings. The van der Waals surface area contributed by atoms with Crippen LogP contribution in [0.4, 0.5) is 0 Å². The molecular formula is C13H17NO3. The first kappa shape index (κ1) is 13.2. The molecular weight excluding hydrogens is 218 g/mol. The molecule has 0 spiro atoms. The number of nitrogens with one attached hydrogen (secondary N) is 1. The van der Waals surface area contributed by atoms with Crippen LogP contribution in [0.1, 0.15) is 30.1 Å². The van der Waals surface area contributed by atoms with Crippen molar-refractivity contribution in [2.75, 3.05) is 6.61 Å². The molecule has 0 saturated carbocycles. The summed E-state index contributed by atoms with van der Waals surface area (Å²) in [5.74, 6) is -0.362. The lowest BCUT2D eigenvalue weighted by atomic mass is 10.2. The number of hydrogen-bond donors (Lipinski definition) is 1. The molecule has 1 unspecified atom stereocenters. The summed E-state index contributed by atoms with van der Waals surface area (Å²) < 4.78 is 5.14. The summed E-state index contributed by atoms with van der Waals surface area (Å²) in [5.41, 5.74) is 0.522. The third-order valence-corrected chi connectivity index (χ3v) is 2.37. The second-order valence-corrected chi connectivity index (χ2v) is 3.73. The highest BCUT2D eigenvalue weighted by atomic mass is 16.5. The van der Waals surface area contributed by atoms with E-state index in [4.69, 9.17) is 4.74 Å². The van der Waals surface area contributed by atoms with Crippen LogP contribution in [0.25, 0.3) is 0 Å². The van der Waals surface area contributed by atoms with Crippen LogP contribution >= 0.6 is 0 Å². The normalized spacial score (nSPS) is 11.6. The Labute approximate surface area is 101 Å². The second kappa shape index (κ2) is 7.44. The van der Waals surface area contributed by atoms with Crippen LogP contribution < -0.4 is 5.32 Å². The van der Waals surface area contributed by atoms with E-state index in [0.717, 1.165) is 12.8 Å². The zero-order chi connectivity index (χ0) is 12.5. The highest BCUT2D eigenvalue weighted by Gasteiger charge is 2.11. The van der Waals surface area contributed by atoms with Gasteiger partial charge < -0.3 is 10.1 Å². The minimum atomic E-state index is -0.362. The Bertz CT molecular complexity index is 351. The maximum atomic E-state index is 11.6. The van der Waals surface area contributed by atoms with Crippen LogP contribution in [0.15, 0.2) is 30.3 Å². The van der Waals surface area contributed by atoms with E-state index >= 15 is 0 Å². The molecule has 0 aliphatic carbocycles. The molecule has 4 heteroatoms. The Morgan fingerprint density at radius 3 is 2.71 bits per heavy atom. The number of rotatable bonds is 7. The standard InChI is InChI=1S/C13H17NO3/c1-2-6-12(14-10-15)9-17-13(16)11-7-4-3-5-8-11/h3-5,7-8,10,12H,2,6,9H2,1H3,(H,14,15). The maximum Gasteiger partial charge on any atom is 0.338 e. The summed E-state index contributed by atoms with van der Waals surface area (Å²) in [5, 5.41) is 2.63. The largest absolute Gasteiger partial charge is 0.460 e. The first-order chi connectivity index (χ1) is 8.27. The molecule has 1 aromatic rings. The molecule has 0 radical (unpaired) electrons. The number of carbonyl (C=O) groups is 2. The molecule has 1 amide bonds. The van der Waals surface area contributed by atoms with Gasteiger partial charge in [-0.3, -0.25) is 4.79 Å². The monoisotopic (exact) mass is 235 g/mol. The number of esters is 1. The Hall–Kier alpha value is -1.84. The lowest BCUT2D eigenvalue weighted by Crippen LogP contribution is -2.33. The van der Waals surface area contributed by atoms with Gasteiger partial charge in [0.2, 0.25) is 6.41 Å². The van der Waals surface area contributed by atoms with Gasteiger partial charge >= 0.3 is 5.97 Å². The van der Waals surface area contributed by atoms with Crippen molar-refractivity contribution >= 4 is 12.4 Å². The van der Waals surface area contributed by atoms with E-state index in [0.29, 0.717) is 12.0 Å². The summed E-state index contributed by atoms with van der Waals surface area (Å²) in [6.45, 7) is 2.22. The van der Waals surface area contributed by atoms with Crippen molar-refractivity contribution in [3.63, 3.8) is 0 Å². The van der Waals surface area contributed by atoms with E-state index in [1.165, 1.54) is 0 Å². The van der Waals surface area contributed by atoms with Crippen molar-refractivity contribution in [2.45, 2.75) is 25.8 Å². The molecule has 0 heterocycles. The summed E-state index contributed by atoms with van der Waals surface area (Å²) in [6, 6.07) is 8.69. The summed E-state index contributed by atoms with van der Waals surface area (Å²) in [4.78, 5) is 22.0. The van der Waals surface area contributed by atoms with Gasteiger partial charge in [0.05, 0.1) is 11.6 Å².